The van der Waals surface area contributed by atoms with Gasteiger partial charge in [0.1, 0.15) is 0 Å². The average Bonchev–Trinajstić information content (AvgIpc) is 2.79. The standard InChI is InChI=1S/C15H26N2O2S2/c1-11(2)16-10-14-9-15(13(4)20-14)21(18,19)17-7-5-12(3)6-8-17/h9,11-12,16H,5-8,10H2,1-4H3. The van der Waals surface area contributed by atoms with Crippen LogP contribution in [0.2, 0.25) is 0 Å². The first-order valence-corrected chi connectivity index (χ1v) is 9.89. The van der Waals surface area contributed by atoms with E-state index in [1.165, 1.54) is 0 Å². The van der Waals surface area contributed by atoms with Crippen LogP contribution < -0.4 is 5.32 Å². The van der Waals surface area contributed by atoms with Gasteiger partial charge in [-0.2, -0.15) is 4.31 Å². The second-order valence-corrected chi connectivity index (χ2v) is 9.50. The number of sulfonamides is 1. The molecule has 21 heavy (non-hydrogen) atoms. The lowest BCUT2D eigenvalue weighted by Gasteiger charge is -2.29. The Balaban J connectivity index is 2.16. The molecule has 0 aliphatic carbocycles. The number of hydrogen-bond acceptors (Lipinski definition) is 4. The lowest BCUT2D eigenvalue weighted by molar-refractivity contribution is 0.288. The van der Waals surface area contributed by atoms with Crippen LogP contribution in [0.3, 0.4) is 0 Å². The van der Waals surface area contributed by atoms with E-state index in [0.29, 0.717) is 29.9 Å². The van der Waals surface area contributed by atoms with E-state index in [1.54, 1.807) is 15.6 Å². The van der Waals surface area contributed by atoms with Crippen molar-refractivity contribution in [2.45, 2.75) is 58.0 Å². The van der Waals surface area contributed by atoms with Crippen LogP contribution in [0.4, 0.5) is 0 Å². The van der Waals surface area contributed by atoms with Crippen molar-refractivity contribution in [2.24, 2.45) is 5.92 Å². The molecule has 0 unspecified atom stereocenters. The Morgan fingerprint density at radius 1 is 1.38 bits per heavy atom. The lowest BCUT2D eigenvalue weighted by atomic mass is 10.0. The maximum absolute atomic E-state index is 12.8. The molecule has 0 radical (unpaired) electrons. The zero-order chi connectivity index (χ0) is 15.6. The minimum Gasteiger partial charge on any atom is -0.310 e. The van der Waals surface area contributed by atoms with Crippen LogP contribution >= 0.6 is 11.3 Å². The average molecular weight is 331 g/mol. The largest absolute Gasteiger partial charge is 0.310 e. The second-order valence-electron chi connectivity index (χ2n) is 6.26. The van der Waals surface area contributed by atoms with E-state index < -0.39 is 10.0 Å². The van der Waals surface area contributed by atoms with Gasteiger partial charge in [0.15, 0.2) is 0 Å². The highest BCUT2D eigenvalue weighted by Gasteiger charge is 2.30. The molecule has 1 aliphatic heterocycles. The highest BCUT2D eigenvalue weighted by molar-refractivity contribution is 7.89. The van der Waals surface area contributed by atoms with E-state index in [0.717, 1.165) is 29.1 Å². The van der Waals surface area contributed by atoms with E-state index in [-0.39, 0.29) is 0 Å². The molecule has 6 heteroatoms. The molecular formula is C15H26N2O2S2. The highest BCUT2D eigenvalue weighted by Crippen LogP contribution is 2.30. The van der Waals surface area contributed by atoms with Crippen molar-refractivity contribution in [1.29, 1.82) is 0 Å². The minimum absolute atomic E-state index is 0.399. The number of nitrogens with one attached hydrogen (secondary N) is 1. The first-order valence-electron chi connectivity index (χ1n) is 7.63. The van der Waals surface area contributed by atoms with Gasteiger partial charge >= 0.3 is 0 Å². The Hall–Kier alpha value is -0.430. The predicted molar refractivity (Wildman–Crippen MR) is 88.2 cm³/mol. The fraction of sp³-hybridized carbons (Fsp3) is 0.733. The number of piperidine rings is 1. The quantitative estimate of drug-likeness (QED) is 0.903. The van der Waals surface area contributed by atoms with Crippen LogP contribution in [0.25, 0.3) is 0 Å². The van der Waals surface area contributed by atoms with E-state index in [1.807, 2.05) is 13.0 Å². The molecule has 1 aromatic rings. The van der Waals surface area contributed by atoms with Crippen molar-refractivity contribution >= 4 is 21.4 Å². The lowest BCUT2D eigenvalue weighted by Crippen LogP contribution is -2.37. The summed E-state index contributed by atoms with van der Waals surface area (Å²) >= 11 is 1.58. The maximum atomic E-state index is 12.8. The summed E-state index contributed by atoms with van der Waals surface area (Å²) in [6.45, 7) is 10.3. The SMILES string of the molecule is Cc1sc(CNC(C)C)cc1S(=O)(=O)N1CCC(C)CC1. The highest BCUT2D eigenvalue weighted by atomic mass is 32.2. The van der Waals surface area contributed by atoms with Crippen molar-refractivity contribution in [1.82, 2.24) is 9.62 Å². The van der Waals surface area contributed by atoms with Crippen LogP contribution in [0, 0.1) is 12.8 Å². The van der Waals surface area contributed by atoms with Gasteiger partial charge in [-0.05, 0) is 31.7 Å². The fourth-order valence-electron chi connectivity index (χ4n) is 2.54. The number of thiophene rings is 1. The van der Waals surface area contributed by atoms with Crippen molar-refractivity contribution in [3.8, 4) is 0 Å². The third kappa shape index (κ3) is 4.06. The van der Waals surface area contributed by atoms with Crippen molar-refractivity contribution in [3.63, 3.8) is 0 Å². The van der Waals surface area contributed by atoms with Gasteiger partial charge in [-0.3, -0.25) is 0 Å². The molecule has 4 nitrogen and oxygen atoms in total. The van der Waals surface area contributed by atoms with Crippen LogP contribution in [0.1, 0.15) is 43.4 Å². The topological polar surface area (TPSA) is 49.4 Å². The van der Waals surface area contributed by atoms with Gasteiger partial charge in [0.25, 0.3) is 0 Å². The van der Waals surface area contributed by atoms with Gasteiger partial charge < -0.3 is 5.32 Å². The molecule has 2 rings (SSSR count). The van der Waals surface area contributed by atoms with Crippen LogP contribution in [0.15, 0.2) is 11.0 Å². The number of nitrogens with zero attached hydrogens (tertiary/aromatic N) is 1. The summed E-state index contributed by atoms with van der Waals surface area (Å²) in [5.41, 5.74) is 0. The van der Waals surface area contributed by atoms with Crippen molar-refractivity contribution in [3.05, 3.63) is 15.8 Å². The summed E-state index contributed by atoms with van der Waals surface area (Å²) in [6, 6.07) is 2.25. The molecule has 1 N–H and O–H groups in total. The van der Waals surface area contributed by atoms with Gasteiger partial charge in [0, 0.05) is 35.4 Å². The van der Waals surface area contributed by atoms with E-state index in [2.05, 4.69) is 26.1 Å². The summed E-state index contributed by atoms with van der Waals surface area (Å²) in [4.78, 5) is 2.49. The van der Waals surface area contributed by atoms with E-state index in [4.69, 9.17) is 0 Å². The summed E-state index contributed by atoms with van der Waals surface area (Å²) < 4.78 is 27.2. The smallest absolute Gasteiger partial charge is 0.244 e. The monoisotopic (exact) mass is 330 g/mol. The summed E-state index contributed by atoms with van der Waals surface area (Å²) in [7, 11) is -3.32. The molecule has 0 aromatic carbocycles. The molecule has 0 bridgehead atoms. The number of hydrogen-bond donors (Lipinski definition) is 1. The molecule has 0 saturated carbocycles. The normalized spacial score (nSPS) is 18.5. The van der Waals surface area contributed by atoms with E-state index in [9.17, 15) is 8.42 Å². The summed E-state index contributed by atoms with van der Waals surface area (Å²) in [5.74, 6) is 0.630. The fourth-order valence-corrected chi connectivity index (χ4v) is 5.56. The predicted octanol–water partition coefficient (Wildman–Crippen LogP) is 2.98. The third-order valence-corrected chi connectivity index (χ3v) is 7.17. The first-order chi connectivity index (χ1) is 9.80. The van der Waals surface area contributed by atoms with Gasteiger partial charge in [-0.1, -0.05) is 20.8 Å². The van der Waals surface area contributed by atoms with Gasteiger partial charge in [-0.25, -0.2) is 8.42 Å². The van der Waals surface area contributed by atoms with Gasteiger partial charge in [0.2, 0.25) is 10.0 Å². The molecule has 120 valence electrons. The van der Waals surface area contributed by atoms with E-state index >= 15 is 0 Å². The Bertz CT molecular complexity index is 570. The molecule has 0 atom stereocenters. The second kappa shape index (κ2) is 6.77. The Labute approximate surface area is 132 Å². The molecular weight excluding hydrogens is 304 g/mol. The first kappa shape index (κ1) is 16.9. The Morgan fingerprint density at radius 3 is 2.57 bits per heavy atom. The molecule has 1 saturated heterocycles. The molecule has 2 heterocycles. The Kier molecular flexibility index (Phi) is 5.46. The zero-order valence-electron chi connectivity index (χ0n) is 13.3. The molecule has 1 fully saturated rings. The third-order valence-electron chi connectivity index (χ3n) is 3.97. The van der Waals surface area contributed by atoms with Crippen LogP contribution in [-0.4, -0.2) is 31.9 Å². The number of aryl methyl sites for hydroxylation is 1. The summed E-state index contributed by atoms with van der Waals surface area (Å²) in [6.07, 6.45) is 1.92. The van der Waals surface area contributed by atoms with Crippen molar-refractivity contribution < 1.29 is 8.42 Å². The van der Waals surface area contributed by atoms with Crippen LogP contribution in [0.5, 0.6) is 0 Å². The van der Waals surface area contributed by atoms with Crippen LogP contribution in [-0.2, 0) is 16.6 Å². The number of rotatable bonds is 5. The molecule has 1 aromatic heterocycles. The summed E-state index contributed by atoms with van der Waals surface area (Å²) in [5, 5.41) is 3.34. The zero-order valence-corrected chi connectivity index (χ0v) is 15.0. The molecule has 1 aliphatic rings. The molecule has 0 spiro atoms. The Morgan fingerprint density at radius 2 is 2.00 bits per heavy atom. The van der Waals surface area contributed by atoms with Gasteiger partial charge in [0.05, 0.1) is 4.90 Å². The maximum Gasteiger partial charge on any atom is 0.244 e. The van der Waals surface area contributed by atoms with Gasteiger partial charge in [-0.15, -0.1) is 11.3 Å². The molecule has 0 amide bonds. The van der Waals surface area contributed by atoms with Crippen molar-refractivity contribution in [2.75, 3.05) is 13.1 Å². The minimum atomic E-state index is -3.32.